The Labute approximate surface area is 183 Å². The first-order valence-corrected chi connectivity index (χ1v) is 12.3. The first-order chi connectivity index (χ1) is 14.9. The number of rotatable bonds is 6. The van der Waals surface area contributed by atoms with E-state index in [1.165, 1.54) is 23.2 Å². The van der Waals surface area contributed by atoms with Gasteiger partial charge in [0, 0.05) is 24.2 Å². The van der Waals surface area contributed by atoms with Crippen LogP contribution in [-0.4, -0.2) is 31.0 Å². The summed E-state index contributed by atoms with van der Waals surface area (Å²) >= 11 is 0. The molecule has 1 aromatic heterocycles. The number of fused-ring (bicyclic) bond motifs is 1. The molecule has 0 aliphatic heterocycles. The number of benzene rings is 2. The van der Waals surface area contributed by atoms with Gasteiger partial charge in [-0.3, -0.25) is 0 Å². The summed E-state index contributed by atoms with van der Waals surface area (Å²) in [5.41, 5.74) is 2.63. The van der Waals surface area contributed by atoms with Gasteiger partial charge in [0.15, 0.2) is 0 Å². The number of nitrogens with zero attached hydrogens (tertiary/aromatic N) is 1. The number of nitrogens with one attached hydrogen (secondary N) is 2. The van der Waals surface area contributed by atoms with E-state index in [9.17, 15) is 13.2 Å². The van der Waals surface area contributed by atoms with E-state index < -0.39 is 10.0 Å². The Kier molecular flexibility index (Phi) is 6.32. The van der Waals surface area contributed by atoms with Gasteiger partial charge in [-0.25, -0.2) is 17.2 Å². The topological polar surface area (TPSA) is 80.2 Å². The predicted molar refractivity (Wildman–Crippen MR) is 123 cm³/mol. The molecule has 1 heterocycles. The molecule has 0 bridgehead atoms. The number of amides is 2. The highest BCUT2D eigenvalue weighted by molar-refractivity contribution is 7.90. The lowest BCUT2D eigenvalue weighted by Crippen LogP contribution is -2.43. The van der Waals surface area contributed by atoms with Crippen molar-refractivity contribution in [1.82, 2.24) is 14.6 Å². The van der Waals surface area contributed by atoms with Gasteiger partial charge in [-0.1, -0.05) is 49.1 Å². The highest BCUT2D eigenvalue weighted by atomic mass is 32.2. The Morgan fingerprint density at radius 3 is 2.52 bits per heavy atom. The number of aryl methyl sites for hydroxylation is 1. The lowest BCUT2D eigenvalue weighted by atomic mass is 9.96. The molecule has 31 heavy (non-hydrogen) atoms. The second-order valence-electron chi connectivity index (χ2n) is 8.31. The van der Waals surface area contributed by atoms with Gasteiger partial charge < -0.3 is 10.6 Å². The van der Waals surface area contributed by atoms with Gasteiger partial charge in [-0.05, 0) is 56.0 Å². The summed E-state index contributed by atoms with van der Waals surface area (Å²) in [7, 11) is -3.67. The van der Waals surface area contributed by atoms with Gasteiger partial charge in [-0.2, -0.15) is 0 Å². The van der Waals surface area contributed by atoms with Crippen LogP contribution in [0, 0.1) is 6.92 Å². The zero-order chi connectivity index (χ0) is 21.8. The van der Waals surface area contributed by atoms with Crippen molar-refractivity contribution in [2.45, 2.75) is 56.4 Å². The average molecular weight is 440 g/mol. The minimum Gasteiger partial charge on any atom is -0.338 e. The van der Waals surface area contributed by atoms with Gasteiger partial charge in [-0.15, -0.1) is 0 Å². The van der Waals surface area contributed by atoms with Crippen LogP contribution in [0.3, 0.4) is 0 Å². The smallest absolute Gasteiger partial charge is 0.315 e. The predicted octanol–water partition coefficient (Wildman–Crippen LogP) is 4.36. The standard InChI is InChI=1S/C24H29N3O3S/c1-18-7-11-22(12-8-18)31(29,30)27-16-14-20-10-9-19(17-23(20)27)13-15-25-24(28)26-21-5-3-2-4-6-21/h7-12,14,16-17,21H,2-6,13,15H2,1H3,(H2,25,26,28). The zero-order valence-corrected chi connectivity index (χ0v) is 18.6. The molecule has 6 nitrogen and oxygen atoms in total. The highest BCUT2D eigenvalue weighted by Gasteiger charge is 2.19. The quantitative estimate of drug-likeness (QED) is 0.599. The van der Waals surface area contributed by atoms with Crippen molar-refractivity contribution in [3.05, 3.63) is 65.9 Å². The Hall–Kier alpha value is -2.80. The average Bonchev–Trinajstić information content (AvgIpc) is 3.19. The SMILES string of the molecule is Cc1ccc(S(=O)(=O)n2ccc3ccc(CCNC(=O)NC4CCCCC4)cc32)cc1. The molecule has 0 saturated heterocycles. The van der Waals surface area contributed by atoms with E-state index in [0.717, 1.165) is 29.4 Å². The maximum absolute atomic E-state index is 13.1. The summed E-state index contributed by atoms with van der Waals surface area (Å²) in [5.74, 6) is 0. The fourth-order valence-corrected chi connectivity index (χ4v) is 5.49. The summed E-state index contributed by atoms with van der Waals surface area (Å²) in [4.78, 5) is 12.4. The second kappa shape index (κ2) is 9.14. The highest BCUT2D eigenvalue weighted by Crippen LogP contribution is 2.24. The van der Waals surface area contributed by atoms with Gasteiger partial charge in [0.1, 0.15) is 0 Å². The molecule has 1 saturated carbocycles. The largest absolute Gasteiger partial charge is 0.338 e. The van der Waals surface area contributed by atoms with Crippen molar-refractivity contribution in [3.63, 3.8) is 0 Å². The van der Waals surface area contributed by atoms with Gasteiger partial charge >= 0.3 is 6.03 Å². The molecule has 0 spiro atoms. The number of carbonyl (C=O) groups is 1. The summed E-state index contributed by atoms with van der Waals surface area (Å²) < 4.78 is 27.6. The Balaban J connectivity index is 1.44. The van der Waals surface area contributed by atoms with Crippen LogP contribution >= 0.6 is 0 Å². The van der Waals surface area contributed by atoms with Crippen LogP contribution in [0.5, 0.6) is 0 Å². The van der Waals surface area contributed by atoms with Crippen LogP contribution in [-0.2, 0) is 16.4 Å². The zero-order valence-electron chi connectivity index (χ0n) is 17.8. The Morgan fingerprint density at radius 1 is 1.03 bits per heavy atom. The summed E-state index contributed by atoms with van der Waals surface area (Å²) in [6.07, 6.45) is 7.94. The molecule has 0 radical (unpaired) electrons. The van der Waals surface area contributed by atoms with Crippen LogP contribution in [0.1, 0.15) is 43.2 Å². The van der Waals surface area contributed by atoms with Crippen molar-refractivity contribution in [3.8, 4) is 0 Å². The molecule has 2 N–H and O–H groups in total. The van der Waals surface area contributed by atoms with E-state index in [4.69, 9.17) is 0 Å². The van der Waals surface area contributed by atoms with Crippen LogP contribution in [0.4, 0.5) is 4.79 Å². The molecule has 2 amide bonds. The molecule has 164 valence electrons. The van der Waals surface area contributed by atoms with Crippen LogP contribution < -0.4 is 10.6 Å². The minimum absolute atomic E-state index is 0.127. The summed E-state index contributed by atoms with van der Waals surface area (Å²) in [6.45, 7) is 2.42. The number of carbonyl (C=O) groups excluding carboxylic acids is 1. The van der Waals surface area contributed by atoms with Gasteiger partial charge in [0.25, 0.3) is 10.0 Å². The lowest BCUT2D eigenvalue weighted by molar-refractivity contribution is 0.233. The molecule has 0 unspecified atom stereocenters. The van der Waals surface area contributed by atoms with Crippen molar-refractivity contribution in [2.24, 2.45) is 0 Å². The maximum atomic E-state index is 13.1. The van der Waals surface area contributed by atoms with Crippen molar-refractivity contribution in [1.29, 1.82) is 0 Å². The first kappa shape index (κ1) is 21.4. The van der Waals surface area contributed by atoms with Crippen molar-refractivity contribution >= 4 is 27.0 Å². The molecule has 2 aromatic carbocycles. The molecular weight excluding hydrogens is 410 g/mol. The molecule has 7 heteroatoms. The second-order valence-corrected chi connectivity index (χ2v) is 10.1. The normalized spacial score (nSPS) is 15.1. The van der Waals surface area contributed by atoms with Gasteiger partial charge in [0.2, 0.25) is 0 Å². The van der Waals surface area contributed by atoms with E-state index in [-0.39, 0.29) is 17.0 Å². The molecule has 1 fully saturated rings. The fraction of sp³-hybridized carbons (Fsp3) is 0.375. The lowest BCUT2D eigenvalue weighted by Gasteiger charge is -2.22. The molecule has 1 aliphatic rings. The molecule has 1 aliphatic carbocycles. The fourth-order valence-electron chi connectivity index (χ4n) is 4.14. The van der Waals surface area contributed by atoms with E-state index in [0.29, 0.717) is 18.5 Å². The molecular formula is C24H29N3O3S. The van der Waals surface area contributed by atoms with Crippen LogP contribution in [0.2, 0.25) is 0 Å². The van der Waals surface area contributed by atoms with Crippen molar-refractivity contribution < 1.29 is 13.2 Å². The number of aromatic nitrogens is 1. The first-order valence-electron chi connectivity index (χ1n) is 10.9. The molecule has 0 atom stereocenters. The van der Waals surface area contributed by atoms with Crippen molar-refractivity contribution in [2.75, 3.05) is 6.54 Å². The number of hydrogen-bond acceptors (Lipinski definition) is 3. The minimum atomic E-state index is -3.67. The summed E-state index contributed by atoms with van der Waals surface area (Å²) in [5, 5.41) is 6.83. The third-order valence-corrected chi connectivity index (χ3v) is 7.64. The number of urea groups is 1. The van der Waals surface area contributed by atoms with E-state index in [1.54, 1.807) is 36.5 Å². The monoisotopic (exact) mass is 439 g/mol. The van der Waals surface area contributed by atoms with E-state index >= 15 is 0 Å². The van der Waals surface area contributed by atoms with E-state index in [1.807, 2.05) is 25.1 Å². The molecule has 3 aromatic rings. The third kappa shape index (κ3) is 4.93. The van der Waals surface area contributed by atoms with Gasteiger partial charge in [0.05, 0.1) is 10.4 Å². The van der Waals surface area contributed by atoms with Crippen LogP contribution in [0.15, 0.2) is 59.6 Å². The Bertz CT molecular complexity index is 1160. The van der Waals surface area contributed by atoms with E-state index in [2.05, 4.69) is 10.6 Å². The Morgan fingerprint density at radius 2 is 1.77 bits per heavy atom. The maximum Gasteiger partial charge on any atom is 0.315 e. The summed E-state index contributed by atoms with van der Waals surface area (Å²) in [6, 6.07) is 14.6. The molecule has 4 rings (SSSR count). The number of hydrogen-bond donors (Lipinski definition) is 2. The third-order valence-electron chi connectivity index (χ3n) is 5.94. The van der Waals surface area contributed by atoms with Crippen LogP contribution in [0.25, 0.3) is 10.9 Å².